The van der Waals surface area contributed by atoms with Gasteiger partial charge in [0.1, 0.15) is 5.75 Å². The lowest BCUT2D eigenvalue weighted by Gasteiger charge is -2.18. The predicted molar refractivity (Wildman–Crippen MR) is 58.8 cm³/mol. The normalized spacial score (nSPS) is 17.5. The van der Waals surface area contributed by atoms with Crippen LogP contribution in [0.25, 0.3) is 0 Å². The van der Waals surface area contributed by atoms with Gasteiger partial charge in [-0.05, 0) is 11.6 Å². The molecule has 0 fully saturated rings. The number of fused-ring (bicyclic) bond motifs is 1. The van der Waals surface area contributed by atoms with Gasteiger partial charge in [-0.25, -0.2) is 0 Å². The SMILES string of the molecule is C=C1Nc2cc(OC)ccc2C1(C)C. The molecular weight excluding hydrogens is 174 g/mol. The van der Waals surface area contributed by atoms with Gasteiger partial charge in [0.2, 0.25) is 0 Å². The van der Waals surface area contributed by atoms with Gasteiger partial charge in [0.05, 0.1) is 7.11 Å². The highest BCUT2D eigenvalue weighted by molar-refractivity contribution is 5.69. The van der Waals surface area contributed by atoms with Crippen LogP contribution in [0.4, 0.5) is 5.69 Å². The zero-order valence-electron chi connectivity index (χ0n) is 8.85. The molecule has 0 amide bonds. The van der Waals surface area contributed by atoms with E-state index in [0.717, 1.165) is 17.1 Å². The van der Waals surface area contributed by atoms with Gasteiger partial charge in [0.15, 0.2) is 0 Å². The molecular formula is C12H15NO. The van der Waals surface area contributed by atoms with Gasteiger partial charge in [-0.2, -0.15) is 0 Å². The van der Waals surface area contributed by atoms with Crippen molar-refractivity contribution in [1.82, 2.24) is 0 Å². The minimum atomic E-state index is 0.0155. The van der Waals surface area contributed by atoms with E-state index >= 15 is 0 Å². The molecule has 0 unspecified atom stereocenters. The Kier molecular flexibility index (Phi) is 1.81. The number of nitrogens with one attached hydrogen (secondary N) is 1. The van der Waals surface area contributed by atoms with Gasteiger partial charge in [-0.1, -0.05) is 26.5 Å². The summed E-state index contributed by atoms with van der Waals surface area (Å²) in [5, 5.41) is 3.29. The molecule has 1 heterocycles. The van der Waals surface area contributed by atoms with Crippen LogP contribution in [0.15, 0.2) is 30.5 Å². The first-order chi connectivity index (χ1) is 6.55. The van der Waals surface area contributed by atoms with Crippen molar-refractivity contribution in [3.05, 3.63) is 36.0 Å². The summed E-state index contributed by atoms with van der Waals surface area (Å²) in [7, 11) is 1.68. The van der Waals surface area contributed by atoms with Gasteiger partial charge in [0.25, 0.3) is 0 Å². The van der Waals surface area contributed by atoms with Crippen molar-refractivity contribution in [2.24, 2.45) is 0 Å². The Bertz CT molecular complexity index is 393. The number of anilines is 1. The van der Waals surface area contributed by atoms with E-state index in [1.165, 1.54) is 5.56 Å². The standard InChI is InChI=1S/C12H15NO/c1-8-12(2,3)10-6-5-9(14-4)7-11(10)13-8/h5-7,13H,1H2,2-4H3. The Balaban J connectivity index is 2.54. The number of benzene rings is 1. The first-order valence-corrected chi connectivity index (χ1v) is 4.70. The van der Waals surface area contributed by atoms with Crippen molar-refractivity contribution in [1.29, 1.82) is 0 Å². The molecule has 2 heteroatoms. The molecule has 1 aliphatic heterocycles. The zero-order chi connectivity index (χ0) is 10.3. The molecule has 0 aliphatic carbocycles. The number of hydrogen-bond acceptors (Lipinski definition) is 2. The van der Waals surface area contributed by atoms with Gasteiger partial charge >= 0.3 is 0 Å². The second kappa shape index (κ2) is 2.77. The summed E-state index contributed by atoms with van der Waals surface area (Å²) in [5.41, 5.74) is 3.45. The summed E-state index contributed by atoms with van der Waals surface area (Å²) >= 11 is 0. The smallest absolute Gasteiger partial charge is 0.120 e. The molecule has 0 bridgehead atoms. The molecule has 0 radical (unpaired) electrons. The Hall–Kier alpha value is -1.44. The Morgan fingerprint density at radius 3 is 2.71 bits per heavy atom. The maximum absolute atomic E-state index is 5.17. The van der Waals surface area contributed by atoms with Crippen molar-refractivity contribution >= 4 is 5.69 Å². The number of allylic oxidation sites excluding steroid dienone is 1. The third kappa shape index (κ3) is 1.10. The molecule has 1 aromatic carbocycles. The molecule has 1 aromatic rings. The highest BCUT2D eigenvalue weighted by Gasteiger charge is 2.33. The molecule has 0 atom stereocenters. The van der Waals surface area contributed by atoms with Crippen LogP contribution in [0.1, 0.15) is 19.4 Å². The maximum atomic E-state index is 5.17. The maximum Gasteiger partial charge on any atom is 0.120 e. The summed E-state index contributed by atoms with van der Waals surface area (Å²) in [5.74, 6) is 0.877. The summed E-state index contributed by atoms with van der Waals surface area (Å²) < 4.78 is 5.17. The second-order valence-electron chi connectivity index (χ2n) is 4.14. The van der Waals surface area contributed by atoms with Crippen molar-refractivity contribution < 1.29 is 4.74 Å². The number of rotatable bonds is 1. The second-order valence-corrected chi connectivity index (χ2v) is 4.14. The Morgan fingerprint density at radius 2 is 2.07 bits per heavy atom. The third-order valence-corrected chi connectivity index (χ3v) is 2.94. The van der Waals surface area contributed by atoms with Crippen LogP contribution in [0.2, 0.25) is 0 Å². The van der Waals surface area contributed by atoms with Crippen LogP contribution in [0.3, 0.4) is 0 Å². The van der Waals surface area contributed by atoms with E-state index in [9.17, 15) is 0 Å². The molecule has 74 valence electrons. The monoisotopic (exact) mass is 189 g/mol. The van der Waals surface area contributed by atoms with Crippen molar-refractivity contribution in [2.75, 3.05) is 12.4 Å². The Morgan fingerprint density at radius 1 is 1.36 bits per heavy atom. The van der Waals surface area contributed by atoms with E-state index in [-0.39, 0.29) is 5.41 Å². The van der Waals surface area contributed by atoms with Crippen molar-refractivity contribution in [2.45, 2.75) is 19.3 Å². The fraction of sp³-hybridized carbons (Fsp3) is 0.333. The topological polar surface area (TPSA) is 21.3 Å². The van der Waals surface area contributed by atoms with Crippen LogP contribution in [0.5, 0.6) is 5.75 Å². The van der Waals surface area contributed by atoms with Crippen LogP contribution in [-0.2, 0) is 5.41 Å². The Labute approximate surface area is 84.6 Å². The molecule has 0 aromatic heterocycles. The van der Waals surface area contributed by atoms with Crippen LogP contribution in [-0.4, -0.2) is 7.11 Å². The van der Waals surface area contributed by atoms with Crippen molar-refractivity contribution in [3.8, 4) is 5.75 Å². The summed E-state index contributed by atoms with van der Waals surface area (Å²) in [6.45, 7) is 8.36. The summed E-state index contributed by atoms with van der Waals surface area (Å²) in [6, 6.07) is 6.09. The van der Waals surface area contributed by atoms with E-state index in [0.29, 0.717) is 0 Å². The molecule has 0 saturated heterocycles. The molecule has 0 spiro atoms. The largest absolute Gasteiger partial charge is 0.497 e. The highest BCUT2D eigenvalue weighted by atomic mass is 16.5. The zero-order valence-corrected chi connectivity index (χ0v) is 8.85. The first kappa shape index (κ1) is 9.13. The fourth-order valence-electron chi connectivity index (χ4n) is 1.78. The van der Waals surface area contributed by atoms with E-state index in [1.807, 2.05) is 12.1 Å². The summed E-state index contributed by atoms with van der Waals surface area (Å²) in [4.78, 5) is 0. The predicted octanol–water partition coefficient (Wildman–Crippen LogP) is 2.91. The molecule has 2 nitrogen and oxygen atoms in total. The molecule has 1 N–H and O–H groups in total. The minimum Gasteiger partial charge on any atom is -0.497 e. The summed E-state index contributed by atoms with van der Waals surface area (Å²) in [6.07, 6.45) is 0. The minimum absolute atomic E-state index is 0.0155. The number of ether oxygens (including phenoxy) is 1. The van der Waals surface area contributed by atoms with Gasteiger partial charge < -0.3 is 10.1 Å². The number of methoxy groups -OCH3 is 1. The van der Waals surface area contributed by atoms with Crippen molar-refractivity contribution in [3.63, 3.8) is 0 Å². The molecule has 14 heavy (non-hydrogen) atoms. The number of hydrogen-bond donors (Lipinski definition) is 1. The van der Waals surface area contributed by atoms with E-state index in [4.69, 9.17) is 4.74 Å². The molecule has 0 saturated carbocycles. The fourth-order valence-corrected chi connectivity index (χ4v) is 1.78. The van der Waals surface area contributed by atoms with Crippen LogP contribution >= 0.6 is 0 Å². The lowest BCUT2D eigenvalue weighted by Crippen LogP contribution is -2.15. The average Bonchev–Trinajstić information content (AvgIpc) is 2.38. The van der Waals surface area contributed by atoms with Gasteiger partial charge in [0, 0.05) is 22.9 Å². The van der Waals surface area contributed by atoms with Crippen LogP contribution in [0, 0.1) is 0 Å². The van der Waals surface area contributed by atoms with E-state index in [2.05, 4.69) is 31.8 Å². The highest BCUT2D eigenvalue weighted by Crippen LogP contribution is 2.43. The lowest BCUT2D eigenvalue weighted by atomic mass is 9.84. The lowest BCUT2D eigenvalue weighted by molar-refractivity contribution is 0.415. The van der Waals surface area contributed by atoms with E-state index in [1.54, 1.807) is 7.11 Å². The van der Waals surface area contributed by atoms with E-state index < -0.39 is 0 Å². The average molecular weight is 189 g/mol. The molecule has 2 rings (SSSR count). The quantitative estimate of drug-likeness (QED) is 0.733. The van der Waals surface area contributed by atoms with Crippen LogP contribution < -0.4 is 10.1 Å². The van der Waals surface area contributed by atoms with Gasteiger partial charge in [-0.15, -0.1) is 0 Å². The molecule has 1 aliphatic rings. The van der Waals surface area contributed by atoms with Gasteiger partial charge in [-0.3, -0.25) is 0 Å². The first-order valence-electron chi connectivity index (χ1n) is 4.70. The third-order valence-electron chi connectivity index (χ3n) is 2.94.